The Hall–Kier alpha value is -2.43. The molecule has 2 heterocycles. The van der Waals surface area contributed by atoms with Gasteiger partial charge in [-0.1, -0.05) is 25.1 Å². The molecule has 0 radical (unpaired) electrons. The maximum atomic E-state index is 12.2. The largest absolute Gasteiger partial charge is 0.339 e. The number of hydrogen-bond acceptors (Lipinski definition) is 4. The number of aryl methyl sites for hydroxylation is 1. The average Bonchev–Trinajstić information content (AvgIpc) is 3.10. The monoisotopic (exact) mass is 296 g/mol. The Balaban J connectivity index is 1.72. The second-order valence-electron chi connectivity index (χ2n) is 5.43. The lowest BCUT2D eigenvalue weighted by molar-refractivity contribution is 0.0792. The maximum Gasteiger partial charge on any atom is 0.256 e. The van der Waals surface area contributed by atoms with Crippen molar-refractivity contribution < 1.29 is 4.79 Å². The van der Waals surface area contributed by atoms with Crippen LogP contribution in [0.5, 0.6) is 0 Å². The minimum absolute atomic E-state index is 0.0259. The van der Waals surface area contributed by atoms with Crippen molar-refractivity contribution in [1.29, 1.82) is 0 Å². The Morgan fingerprint density at radius 2 is 1.86 bits per heavy atom. The van der Waals surface area contributed by atoms with Gasteiger partial charge in [0.2, 0.25) is 5.95 Å². The van der Waals surface area contributed by atoms with Gasteiger partial charge in [0, 0.05) is 31.2 Å². The predicted octanol–water partition coefficient (Wildman–Crippen LogP) is 3.02. The number of para-hydroxylation sites is 1. The van der Waals surface area contributed by atoms with E-state index in [9.17, 15) is 4.79 Å². The standard InChI is InChI=1S/C17H20N4O/c1-2-13-7-3-4-8-15(13)20-17-18-11-14(12-19-17)16(22)21-9-5-6-10-21/h3-4,7-8,11-12H,2,5-6,9-10H2,1H3,(H,18,19,20). The highest BCUT2D eigenvalue weighted by Crippen LogP contribution is 2.19. The molecule has 1 aromatic carbocycles. The van der Waals surface area contributed by atoms with Gasteiger partial charge in [0.15, 0.2) is 0 Å². The van der Waals surface area contributed by atoms with Crippen molar-refractivity contribution in [2.45, 2.75) is 26.2 Å². The summed E-state index contributed by atoms with van der Waals surface area (Å²) in [5.41, 5.74) is 2.77. The molecule has 0 atom stereocenters. The maximum absolute atomic E-state index is 12.2. The number of nitrogens with one attached hydrogen (secondary N) is 1. The molecule has 1 aliphatic rings. The van der Waals surface area contributed by atoms with Crippen molar-refractivity contribution in [2.24, 2.45) is 0 Å². The minimum atomic E-state index is 0.0259. The zero-order chi connectivity index (χ0) is 15.4. The molecule has 5 heteroatoms. The van der Waals surface area contributed by atoms with Crippen LogP contribution in [0.4, 0.5) is 11.6 Å². The van der Waals surface area contributed by atoms with Crippen molar-refractivity contribution in [2.75, 3.05) is 18.4 Å². The molecule has 0 spiro atoms. The Kier molecular flexibility index (Phi) is 4.32. The third kappa shape index (κ3) is 3.08. The van der Waals surface area contributed by atoms with Gasteiger partial charge in [-0.05, 0) is 30.9 Å². The molecule has 1 saturated heterocycles. The molecule has 0 bridgehead atoms. The van der Waals surface area contributed by atoms with Crippen LogP contribution in [0.3, 0.4) is 0 Å². The van der Waals surface area contributed by atoms with Crippen LogP contribution in [0.25, 0.3) is 0 Å². The first kappa shape index (κ1) is 14.5. The number of anilines is 2. The van der Waals surface area contributed by atoms with Crippen LogP contribution in [-0.4, -0.2) is 33.9 Å². The number of nitrogens with zero attached hydrogens (tertiary/aromatic N) is 3. The molecule has 1 aliphatic heterocycles. The highest BCUT2D eigenvalue weighted by Gasteiger charge is 2.19. The number of aromatic nitrogens is 2. The Morgan fingerprint density at radius 1 is 1.18 bits per heavy atom. The molecule has 3 rings (SSSR count). The highest BCUT2D eigenvalue weighted by atomic mass is 16.2. The van der Waals surface area contributed by atoms with Crippen molar-refractivity contribution in [3.05, 3.63) is 47.8 Å². The van der Waals surface area contributed by atoms with Crippen LogP contribution < -0.4 is 5.32 Å². The van der Waals surface area contributed by atoms with Crippen LogP contribution in [0, 0.1) is 0 Å². The second kappa shape index (κ2) is 6.56. The molecule has 5 nitrogen and oxygen atoms in total. The Morgan fingerprint density at radius 3 is 2.55 bits per heavy atom. The van der Waals surface area contributed by atoms with Gasteiger partial charge in [0.25, 0.3) is 5.91 Å². The quantitative estimate of drug-likeness (QED) is 0.942. The van der Waals surface area contributed by atoms with Crippen molar-refractivity contribution >= 4 is 17.5 Å². The summed E-state index contributed by atoms with van der Waals surface area (Å²) in [6.07, 6.45) is 6.31. The van der Waals surface area contributed by atoms with E-state index in [0.717, 1.165) is 38.0 Å². The van der Waals surface area contributed by atoms with Gasteiger partial charge in [-0.15, -0.1) is 0 Å². The van der Waals surface area contributed by atoms with Gasteiger partial charge < -0.3 is 10.2 Å². The van der Waals surface area contributed by atoms with Crippen LogP contribution in [0.15, 0.2) is 36.7 Å². The summed E-state index contributed by atoms with van der Waals surface area (Å²) in [7, 11) is 0. The summed E-state index contributed by atoms with van der Waals surface area (Å²) in [4.78, 5) is 22.6. The fourth-order valence-electron chi connectivity index (χ4n) is 2.68. The molecule has 0 unspecified atom stereocenters. The van der Waals surface area contributed by atoms with E-state index in [-0.39, 0.29) is 5.91 Å². The van der Waals surface area contributed by atoms with Gasteiger partial charge in [-0.2, -0.15) is 0 Å². The number of amides is 1. The topological polar surface area (TPSA) is 58.1 Å². The highest BCUT2D eigenvalue weighted by molar-refractivity contribution is 5.93. The van der Waals surface area contributed by atoms with Crippen LogP contribution in [-0.2, 0) is 6.42 Å². The van der Waals surface area contributed by atoms with E-state index in [1.165, 1.54) is 5.56 Å². The van der Waals surface area contributed by atoms with Crippen molar-refractivity contribution in [3.63, 3.8) is 0 Å². The molecule has 0 saturated carbocycles. The summed E-state index contributed by atoms with van der Waals surface area (Å²) in [6, 6.07) is 8.08. The molecule has 1 fully saturated rings. The van der Waals surface area contributed by atoms with E-state index in [1.807, 2.05) is 23.1 Å². The van der Waals surface area contributed by atoms with Gasteiger partial charge in [0.1, 0.15) is 0 Å². The van der Waals surface area contributed by atoms with E-state index in [0.29, 0.717) is 11.5 Å². The molecule has 2 aromatic rings. The third-order valence-electron chi connectivity index (χ3n) is 3.94. The summed E-state index contributed by atoms with van der Waals surface area (Å²) >= 11 is 0. The predicted molar refractivity (Wildman–Crippen MR) is 86.3 cm³/mol. The average molecular weight is 296 g/mol. The van der Waals surface area contributed by atoms with Gasteiger partial charge in [-0.3, -0.25) is 4.79 Å². The van der Waals surface area contributed by atoms with E-state index < -0.39 is 0 Å². The zero-order valence-electron chi connectivity index (χ0n) is 12.7. The number of carbonyl (C=O) groups is 1. The molecule has 22 heavy (non-hydrogen) atoms. The first-order chi connectivity index (χ1) is 10.8. The van der Waals surface area contributed by atoms with Gasteiger partial charge >= 0.3 is 0 Å². The fraction of sp³-hybridized carbons (Fsp3) is 0.353. The third-order valence-corrected chi connectivity index (χ3v) is 3.94. The molecule has 1 aromatic heterocycles. The molecular weight excluding hydrogens is 276 g/mol. The lowest BCUT2D eigenvalue weighted by Crippen LogP contribution is -2.27. The number of likely N-dealkylation sites (tertiary alicyclic amines) is 1. The summed E-state index contributed by atoms with van der Waals surface area (Å²) < 4.78 is 0. The molecule has 1 amide bonds. The van der Waals surface area contributed by atoms with Crippen LogP contribution in [0.1, 0.15) is 35.7 Å². The molecule has 0 aliphatic carbocycles. The fourth-order valence-corrected chi connectivity index (χ4v) is 2.68. The summed E-state index contributed by atoms with van der Waals surface area (Å²) in [6.45, 7) is 3.78. The number of rotatable bonds is 4. The van der Waals surface area contributed by atoms with E-state index in [2.05, 4.69) is 28.3 Å². The van der Waals surface area contributed by atoms with E-state index in [1.54, 1.807) is 12.4 Å². The molecule has 114 valence electrons. The summed E-state index contributed by atoms with van der Waals surface area (Å²) in [5, 5.41) is 3.21. The Bertz CT molecular complexity index is 648. The molecule has 1 N–H and O–H groups in total. The molecular formula is C17H20N4O. The Labute approximate surface area is 130 Å². The SMILES string of the molecule is CCc1ccccc1Nc1ncc(C(=O)N2CCCC2)cn1. The minimum Gasteiger partial charge on any atom is -0.339 e. The first-order valence-corrected chi connectivity index (χ1v) is 7.74. The van der Waals surface area contributed by atoms with Crippen molar-refractivity contribution in [1.82, 2.24) is 14.9 Å². The van der Waals surface area contributed by atoms with E-state index >= 15 is 0 Å². The van der Waals surface area contributed by atoms with Gasteiger partial charge in [0.05, 0.1) is 5.56 Å². The van der Waals surface area contributed by atoms with Crippen molar-refractivity contribution in [3.8, 4) is 0 Å². The smallest absolute Gasteiger partial charge is 0.256 e. The number of hydrogen-bond donors (Lipinski definition) is 1. The number of benzene rings is 1. The first-order valence-electron chi connectivity index (χ1n) is 7.74. The second-order valence-corrected chi connectivity index (χ2v) is 5.43. The lowest BCUT2D eigenvalue weighted by Gasteiger charge is -2.15. The van der Waals surface area contributed by atoms with Crippen LogP contribution >= 0.6 is 0 Å². The lowest BCUT2D eigenvalue weighted by atomic mass is 10.1. The van der Waals surface area contributed by atoms with E-state index in [4.69, 9.17) is 0 Å². The van der Waals surface area contributed by atoms with Crippen LogP contribution in [0.2, 0.25) is 0 Å². The normalized spacial score (nSPS) is 14.1. The zero-order valence-corrected chi connectivity index (χ0v) is 12.7. The van der Waals surface area contributed by atoms with Gasteiger partial charge in [-0.25, -0.2) is 9.97 Å². The summed E-state index contributed by atoms with van der Waals surface area (Å²) in [5.74, 6) is 0.539. The number of carbonyl (C=O) groups excluding carboxylic acids is 1.